The van der Waals surface area contributed by atoms with Crippen LogP contribution in [0.1, 0.15) is 5.56 Å². The fraction of sp³-hybridized carbons (Fsp3) is 0.125. The summed E-state index contributed by atoms with van der Waals surface area (Å²) >= 11 is 3.14. The molecular weight excluding hydrogens is 252 g/mol. The van der Waals surface area contributed by atoms with Crippen molar-refractivity contribution in [2.45, 2.75) is 6.92 Å². The van der Waals surface area contributed by atoms with Crippen LogP contribution in [0.3, 0.4) is 0 Å². The Hall–Kier alpha value is -1.52. The van der Waals surface area contributed by atoms with E-state index in [2.05, 4.69) is 20.9 Å². The third-order valence-corrected chi connectivity index (χ3v) is 2.26. The molecule has 0 aliphatic heterocycles. The van der Waals surface area contributed by atoms with E-state index in [-0.39, 0.29) is 11.4 Å². The van der Waals surface area contributed by atoms with E-state index in [4.69, 9.17) is 0 Å². The maximum absolute atomic E-state index is 10.5. The van der Waals surface area contributed by atoms with Crippen molar-refractivity contribution in [1.29, 1.82) is 0 Å². The van der Waals surface area contributed by atoms with Gasteiger partial charge in [0.25, 0.3) is 5.69 Å². The van der Waals surface area contributed by atoms with E-state index in [0.717, 1.165) is 0 Å². The van der Waals surface area contributed by atoms with Crippen molar-refractivity contribution < 1.29 is 9.72 Å². The standard InChI is InChI=1S/C8H5BrN2O3/c1-5-2-6(9)7(10-4-12)3-8(5)11(13)14/h2-3H,1H3. The normalized spacial score (nSPS) is 9.29. The molecule has 0 atom stereocenters. The second-order valence-corrected chi connectivity index (χ2v) is 3.40. The molecule has 72 valence electrons. The maximum atomic E-state index is 10.5. The molecule has 0 saturated heterocycles. The van der Waals surface area contributed by atoms with Crippen molar-refractivity contribution in [2.24, 2.45) is 4.99 Å². The molecule has 0 fully saturated rings. The largest absolute Gasteiger partial charge is 0.274 e. The molecule has 0 aliphatic rings. The number of carbonyl (C=O) groups excluding carboxylic acids is 1. The number of rotatable bonds is 2. The highest BCUT2D eigenvalue weighted by Crippen LogP contribution is 2.32. The van der Waals surface area contributed by atoms with E-state index in [0.29, 0.717) is 10.0 Å². The zero-order chi connectivity index (χ0) is 10.7. The average molecular weight is 257 g/mol. The van der Waals surface area contributed by atoms with Gasteiger partial charge >= 0.3 is 0 Å². The van der Waals surface area contributed by atoms with E-state index in [1.54, 1.807) is 6.92 Å². The van der Waals surface area contributed by atoms with Crippen molar-refractivity contribution >= 4 is 33.4 Å². The lowest BCUT2D eigenvalue weighted by Gasteiger charge is -1.99. The number of benzene rings is 1. The van der Waals surface area contributed by atoms with Gasteiger partial charge in [0.15, 0.2) is 0 Å². The lowest BCUT2D eigenvalue weighted by atomic mass is 10.2. The Balaban J connectivity index is 3.41. The molecule has 0 aromatic heterocycles. The second kappa shape index (κ2) is 4.13. The lowest BCUT2D eigenvalue weighted by Crippen LogP contribution is -1.91. The minimum atomic E-state index is -0.522. The Kier molecular flexibility index (Phi) is 3.11. The molecule has 0 aliphatic carbocycles. The SMILES string of the molecule is Cc1cc(Br)c(N=C=O)cc1[N+](=O)[O-]. The van der Waals surface area contributed by atoms with Gasteiger partial charge in [0.05, 0.1) is 10.6 Å². The highest BCUT2D eigenvalue weighted by Gasteiger charge is 2.13. The predicted octanol–water partition coefficient (Wildman–Crippen LogP) is 2.63. The number of nitro groups is 1. The summed E-state index contributed by atoms with van der Waals surface area (Å²) in [5.74, 6) is 0. The summed E-state index contributed by atoms with van der Waals surface area (Å²) in [5.41, 5.74) is 0.645. The van der Waals surface area contributed by atoms with Crippen LogP contribution in [0.4, 0.5) is 11.4 Å². The van der Waals surface area contributed by atoms with Gasteiger partial charge in [-0.25, -0.2) is 4.79 Å². The van der Waals surface area contributed by atoms with E-state index in [1.165, 1.54) is 18.2 Å². The molecule has 14 heavy (non-hydrogen) atoms. The van der Waals surface area contributed by atoms with Gasteiger partial charge in [-0.2, -0.15) is 4.99 Å². The van der Waals surface area contributed by atoms with Gasteiger partial charge in [-0.05, 0) is 28.9 Å². The number of aliphatic imine (C=N–C) groups is 1. The Morgan fingerprint density at radius 3 is 2.71 bits per heavy atom. The summed E-state index contributed by atoms with van der Waals surface area (Å²) in [6.07, 6.45) is 1.33. The topological polar surface area (TPSA) is 72.6 Å². The average Bonchev–Trinajstić information content (AvgIpc) is 2.09. The minimum Gasteiger partial charge on any atom is -0.258 e. The van der Waals surface area contributed by atoms with E-state index >= 15 is 0 Å². The molecule has 0 bridgehead atoms. The van der Waals surface area contributed by atoms with E-state index < -0.39 is 4.92 Å². The summed E-state index contributed by atoms with van der Waals surface area (Å²) in [4.78, 5) is 23.4. The lowest BCUT2D eigenvalue weighted by molar-refractivity contribution is -0.385. The molecule has 0 saturated carbocycles. The van der Waals surface area contributed by atoms with Gasteiger partial charge in [0, 0.05) is 16.1 Å². The molecule has 6 heteroatoms. The van der Waals surface area contributed by atoms with Gasteiger partial charge in [0.1, 0.15) is 0 Å². The van der Waals surface area contributed by atoms with Crippen molar-refractivity contribution in [3.63, 3.8) is 0 Å². The van der Waals surface area contributed by atoms with E-state index in [1.807, 2.05) is 0 Å². The molecule has 1 aromatic rings. The van der Waals surface area contributed by atoms with Crippen LogP contribution in [-0.2, 0) is 4.79 Å². The third-order valence-electron chi connectivity index (χ3n) is 1.63. The number of aryl methyl sites for hydroxylation is 1. The van der Waals surface area contributed by atoms with Crippen molar-refractivity contribution in [2.75, 3.05) is 0 Å². The molecule has 0 radical (unpaired) electrons. The number of nitrogens with zero attached hydrogens (tertiary/aromatic N) is 2. The van der Waals surface area contributed by atoms with Crippen LogP contribution in [-0.4, -0.2) is 11.0 Å². The van der Waals surface area contributed by atoms with Gasteiger partial charge in [-0.15, -0.1) is 0 Å². The fourth-order valence-corrected chi connectivity index (χ4v) is 1.53. The Morgan fingerprint density at radius 1 is 1.57 bits per heavy atom. The van der Waals surface area contributed by atoms with Crippen molar-refractivity contribution in [1.82, 2.24) is 0 Å². The zero-order valence-electron chi connectivity index (χ0n) is 7.15. The Morgan fingerprint density at radius 2 is 2.21 bits per heavy atom. The summed E-state index contributed by atoms with van der Waals surface area (Å²) < 4.78 is 0.531. The van der Waals surface area contributed by atoms with Crippen LogP contribution < -0.4 is 0 Å². The van der Waals surface area contributed by atoms with Crippen LogP contribution >= 0.6 is 15.9 Å². The summed E-state index contributed by atoms with van der Waals surface area (Å²) in [6.45, 7) is 1.61. The van der Waals surface area contributed by atoms with Crippen LogP contribution in [0.5, 0.6) is 0 Å². The molecule has 5 nitrogen and oxygen atoms in total. The van der Waals surface area contributed by atoms with E-state index in [9.17, 15) is 14.9 Å². The number of hydrogen-bond acceptors (Lipinski definition) is 4. The molecule has 1 aromatic carbocycles. The van der Waals surface area contributed by atoms with Crippen LogP contribution in [0.25, 0.3) is 0 Å². The maximum Gasteiger partial charge on any atom is 0.274 e. The monoisotopic (exact) mass is 256 g/mol. The first kappa shape index (κ1) is 10.6. The number of nitro benzene ring substituents is 1. The first-order valence-corrected chi connectivity index (χ1v) is 4.38. The predicted molar refractivity (Wildman–Crippen MR) is 53.3 cm³/mol. The third kappa shape index (κ3) is 2.04. The summed E-state index contributed by atoms with van der Waals surface area (Å²) in [7, 11) is 0. The molecule has 0 unspecified atom stereocenters. The molecular formula is C8H5BrN2O3. The first-order chi connectivity index (χ1) is 6.56. The second-order valence-electron chi connectivity index (χ2n) is 2.55. The Bertz CT molecular complexity index is 415. The highest BCUT2D eigenvalue weighted by atomic mass is 79.9. The van der Waals surface area contributed by atoms with Crippen molar-refractivity contribution in [3.8, 4) is 0 Å². The molecule has 0 amide bonds. The quantitative estimate of drug-likeness (QED) is 0.354. The highest BCUT2D eigenvalue weighted by molar-refractivity contribution is 9.10. The molecule has 0 N–H and O–H groups in total. The minimum absolute atomic E-state index is 0.0674. The summed E-state index contributed by atoms with van der Waals surface area (Å²) in [6, 6.07) is 2.76. The zero-order valence-corrected chi connectivity index (χ0v) is 8.74. The van der Waals surface area contributed by atoms with Crippen LogP contribution in [0.15, 0.2) is 21.6 Å². The molecule has 0 heterocycles. The van der Waals surface area contributed by atoms with Crippen LogP contribution in [0.2, 0.25) is 0 Å². The number of isocyanates is 1. The van der Waals surface area contributed by atoms with Crippen LogP contribution in [0, 0.1) is 17.0 Å². The number of hydrogen-bond donors (Lipinski definition) is 0. The van der Waals surface area contributed by atoms with Gasteiger partial charge < -0.3 is 0 Å². The van der Waals surface area contributed by atoms with Crippen molar-refractivity contribution in [3.05, 3.63) is 32.3 Å². The summed E-state index contributed by atoms with van der Waals surface area (Å²) in [5, 5.41) is 10.5. The fourth-order valence-electron chi connectivity index (χ4n) is 0.982. The first-order valence-electron chi connectivity index (χ1n) is 3.58. The molecule has 1 rings (SSSR count). The van der Waals surface area contributed by atoms with Gasteiger partial charge in [0.2, 0.25) is 6.08 Å². The van der Waals surface area contributed by atoms with Gasteiger partial charge in [-0.3, -0.25) is 10.1 Å². The molecule has 0 spiro atoms. The number of halogens is 1. The Labute approximate surface area is 87.7 Å². The van der Waals surface area contributed by atoms with Gasteiger partial charge in [-0.1, -0.05) is 0 Å². The smallest absolute Gasteiger partial charge is 0.258 e.